The Morgan fingerprint density at radius 3 is 2.70 bits per heavy atom. The number of hydrogen-bond acceptors (Lipinski definition) is 4. The van der Waals surface area contributed by atoms with Crippen molar-refractivity contribution in [2.45, 2.75) is 6.54 Å². The van der Waals surface area contributed by atoms with E-state index in [1.54, 1.807) is 18.2 Å². The Bertz CT molecular complexity index is 817. The number of nitrogens with zero attached hydrogens (tertiary/aromatic N) is 3. The van der Waals surface area contributed by atoms with Crippen LogP contribution in [0.25, 0.3) is 11.4 Å². The number of aromatic amines is 1. The molecule has 3 aromatic rings. The number of nitrogens with one attached hydrogen (secondary N) is 2. The average molecular weight is 332 g/mol. The Morgan fingerprint density at radius 1 is 1.22 bits per heavy atom. The number of amides is 1. The molecule has 0 saturated carbocycles. The molecular formula is C15H11ClFN5O. The number of rotatable bonds is 4. The summed E-state index contributed by atoms with van der Waals surface area (Å²) in [6.45, 7) is 0.176. The zero-order chi connectivity index (χ0) is 16.2. The van der Waals surface area contributed by atoms with E-state index in [9.17, 15) is 9.18 Å². The van der Waals surface area contributed by atoms with Gasteiger partial charge in [0.05, 0.1) is 12.1 Å². The van der Waals surface area contributed by atoms with Crippen LogP contribution in [0, 0.1) is 5.82 Å². The molecule has 2 heterocycles. The van der Waals surface area contributed by atoms with Crippen LogP contribution in [0.15, 0.2) is 42.6 Å². The highest BCUT2D eigenvalue weighted by Gasteiger charge is 2.09. The number of pyridine rings is 1. The second-order valence-corrected chi connectivity index (χ2v) is 5.05. The van der Waals surface area contributed by atoms with Crippen LogP contribution in [-0.4, -0.2) is 26.1 Å². The van der Waals surface area contributed by atoms with E-state index in [0.29, 0.717) is 27.9 Å². The highest BCUT2D eigenvalue weighted by molar-refractivity contribution is 6.29. The molecule has 0 aliphatic carbocycles. The fourth-order valence-electron chi connectivity index (χ4n) is 1.88. The zero-order valence-corrected chi connectivity index (χ0v) is 12.5. The van der Waals surface area contributed by atoms with Gasteiger partial charge in [-0.3, -0.25) is 9.89 Å². The summed E-state index contributed by atoms with van der Waals surface area (Å²) in [7, 11) is 0. The van der Waals surface area contributed by atoms with E-state index in [4.69, 9.17) is 11.6 Å². The van der Waals surface area contributed by atoms with Crippen molar-refractivity contribution >= 4 is 17.5 Å². The molecule has 23 heavy (non-hydrogen) atoms. The first kappa shape index (κ1) is 15.1. The number of carbonyl (C=O) groups is 1. The second kappa shape index (κ2) is 6.53. The minimum Gasteiger partial charge on any atom is -0.345 e. The molecule has 0 saturated heterocycles. The molecule has 0 atom stereocenters. The number of hydrogen-bond donors (Lipinski definition) is 2. The minimum atomic E-state index is -0.326. The molecule has 0 unspecified atom stereocenters. The molecule has 0 radical (unpaired) electrons. The topological polar surface area (TPSA) is 83.6 Å². The van der Waals surface area contributed by atoms with Crippen LogP contribution >= 0.6 is 11.6 Å². The van der Waals surface area contributed by atoms with Crippen LogP contribution in [0.4, 0.5) is 4.39 Å². The Labute approximate surface area is 135 Å². The van der Waals surface area contributed by atoms with Crippen molar-refractivity contribution in [3.63, 3.8) is 0 Å². The average Bonchev–Trinajstić information content (AvgIpc) is 3.03. The Balaban J connectivity index is 1.64. The van der Waals surface area contributed by atoms with Crippen molar-refractivity contribution in [2.24, 2.45) is 0 Å². The molecule has 0 bridgehead atoms. The summed E-state index contributed by atoms with van der Waals surface area (Å²) < 4.78 is 12.9. The quantitative estimate of drug-likeness (QED) is 0.720. The molecule has 3 rings (SSSR count). The van der Waals surface area contributed by atoms with Gasteiger partial charge in [0.1, 0.15) is 16.8 Å². The predicted octanol–water partition coefficient (Wildman–Crippen LogP) is 2.59. The fourth-order valence-corrected chi connectivity index (χ4v) is 1.99. The summed E-state index contributed by atoms with van der Waals surface area (Å²) in [6, 6.07) is 8.95. The van der Waals surface area contributed by atoms with Crippen molar-refractivity contribution < 1.29 is 9.18 Å². The van der Waals surface area contributed by atoms with Crippen LogP contribution in [0.3, 0.4) is 0 Å². The minimum absolute atomic E-state index is 0.176. The first-order chi connectivity index (χ1) is 11.1. The van der Waals surface area contributed by atoms with E-state index in [-0.39, 0.29) is 18.3 Å². The summed E-state index contributed by atoms with van der Waals surface area (Å²) in [5.74, 6) is 0.296. The standard InChI is InChI=1S/C15H11ClFN5O/c16-12-6-3-10(7-18-12)15(23)19-8-13-20-14(22-21-13)9-1-4-11(17)5-2-9/h1-7H,8H2,(H,19,23)(H,20,21,22). The van der Waals surface area contributed by atoms with Crippen LogP contribution < -0.4 is 5.32 Å². The lowest BCUT2D eigenvalue weighted by Gasteiger charge is -2.02. The summed E-state index contributed by atoms with van der Waals surface area (Å²) in [5.41, 5.74) is 1.08. The largest absolute Gasteiger partial charge is 0.345 e. The lowest BCUT2D eigenvalue weighted by Crippen LogP contribution is -2.23. The van der Waals surface area contributed by atoms with Crippen molar-refractivity contribution in [1.29, 1.82) is 0 Å². The van der Waals surface area contributed by atoms with Crippen LogP contribution in [0.1, 0.15) is 16.2 Å². The maximum atomic E-state index is 12.9. The van der Waals surface area contributed by atoms with Gasteiger partial charge in [-0.2, -0.15) is 5.10 Å². The molecule has 8 heteroatoms. The summed E-state index contributed by atoms with van der Waals surface area (Å²) >= 11 is 5.67. The van der Waals surface area contributed by atoms with Crippen molar-refractivity contribution in [3.8, 4) is 11.4 Å². The number of carbonyl (C=O) groups excluding carboxylic acids is 1. The number of H-pyrrole nitrogens is 1. The van der Waals surface area contributed by atoms with Crippen LogP contribution in [0.2, 0.25) is 5.15 Å². The molecule has 1 aromatic carbocycles. The van der Waals surface area contributed by atoms with Crippen molar-refractivity contribution in [1.82, 2.24) is 25.5 Å². The number of halogens is 2. The van der Waals surface area contributed by atoms with E-state index in [1.165, 1.54) is 24.4 Å². The predicted molar refractivity (Wildman–Crippen MR) is 82.2 cm³/mol. The molecule has 2 N–H and O–H groups in total. The van der Waals surface area contributed by atoms with Gasteiger partial charge in [0.2, 0.25) is 0 Å². The Kier molecular flexibility index (Phi) is 4.29. The van der Waals surface area contributed by atoms with Gasteiger partial charge in [-0.05, 0) is 36.4 Å². The zero-order valence-electron chi connectivity index (χ0n) is 11.8. The molecule has 1 amide bonds. The maximum absolute atomic E-state index is 12.9. The van der Waals surface area contributed by atoms with Gasteiger partial charge in [0.25, 0.3) is 5.91 Å². The summed E-state index contributed by atoms with van der Waals surface area (Å²) in [4.78, 5) is 20.0. The smallest absolute Gasteiger partial charge is 0.253 e. The molecule has 0 fully saturated rings. The highest BCUT2D eigenvalue weighted by atomic mass is 35.5. The summed E-state index contributed by atoms with van der Waals surface area (Å²) in [5, 5.41) is 9.78. The van der Waals surface area contributed by atoms with E-state index in [1.807, 2.05) is 0 Å². The molecular weight excluding hydrogens is 321 g/mol. The Hall–Kier alpha value is -2.80. The van der Waals surface area contributed by atoms with Gasteiger partial charge in [-0.15, -0.1) is 0 Å². The second-order valence-electron chi connectivity index (χ2n) is 4.66. The van der Waals surface area contributed by atoms with Crippen LogP contribution in [0.5, 0.6) is 0 Å². The third kappa shape index (κ3) is 3.70. The van der Waals surface area contributed by atoms with Crippen LogP contribution in [-0.2, 0) is 6.54 Å². The molecule has 6 nitrogen and oxygen atoms in total. The number of aromatic nitrogens is 4. The SMILES string of the molecule is O=C(NCc1nc(-c2ccc(F)cc2)n[nH]1)c1ccc(Cl)nc1. The number of benzene rings is 1. The Morgan fingerprint density at radius 2 is 2.00 bits per heavy atom. The lowest BCUT2D eigenvalue weighted by molar-refractivity contribution is 0.0949. The molecule has 0 aliphatic heterocycles. The van der Waals surface area contributed by atoms with Gasteiger partial charge in [-0.25, -0.2) is 14.4 Å². The van der Waals surface area contributed by atoms with Crippen molar-refractivity contribution in [2.75, 3.05) is 0 Å². The molecule has 2 aromatic heterocycles. The van der Waals surface area contributed by atoms with Gasteiger partial charge in [-0.1, -0.05) is 11.6 Å². The lowest BCUT2D eigenvalue weighted by atomic mass is 10.2. The monoisotopic (exact) mass is 331 g/mol. The first-order valence-electron chi connectivity index (χ1n) is 6.69. The van der Waals surface area contributed by atoms with Gasteiger partial charge in [0.15, 0.2) is 5.82 Å². The van der Waals surface area contributed by atoms with E-state index in [0.717, 1.165) is 0 Å². The highest BCUT2D eigenvalue weighted by Crippen LogP contribution is 2.14. The van der Waals surface area contributed by atoms with Gasteiger partial charge in [0, 0.05) is 11.8 Å². The summed E-state index contributed by atoms with van der Waals surface area (Å²) in [6.07, 6.45) is 1.39. The van der Waals surface area contributed by atoms with Gasteiger partial charge < -0.3 is 5.32 Å². The third-order valence-corrected chi connectivity index (χ3v) is 3.26. The van der Waals surface area contributed by atoms with E-state index >= 15 is 0 Å². The third-order valence-electron chi connectivity index (χ3n) is 3.04. The maximum Gasteiger partial charge on any atom is 0.253 e. The molecule has 0 aliphatic rings. The van der Waals surface area contributed by atoms with E-state index < -0.39 is 0 Å². The van der Waals surface area contributed by atoms with Gasteiger partial charge >= 0.3 is 0 Å². The normalized spacial score (nSPS) is 10.5. The molecule has 116 valence electrons. The first-order valence-corrected chi connectivity index (χ1v) is 7.06. The van der Waals surface area contributed by atoms with E-state index in [2.05, 4.69) is 25.5 Å². The fraction of sp³-hybridized carbons (Fsp3) is 0.0667. The van der Waals surface area contributed by atoms with Crippen molar-refractivity contribution in [3.05, 3.63) is 65.0 Å². The molecule has 0 spiro atoms.